The third-order valence-electron chi connectivity index (χ3n) is 5.48. The summed E-state index contributed by atoms with van der Waals surface area (Å²) >= 11 is 0. The van der Waals surface area contributed by atoms with Gasteiger partial charge in [0.1, 0.15) is 0 Å². The minimum atomic E-state index is -2.53. The third-order valence-corrected chi connectivity index (χ3v) is 5.48. The maximum atomic E-state index is 13.4. The van der Waals surface area contributed by atoms with Gasteiger partial charge in [0.05, 0.1) is 15.5 Å². The zero-order valence-corrected chi connectivity index (χ0v) is 15.3. The van der Waals surface area contributed by atoms with E-state index in [2.05, 4.69) is 0 Å². The maximum Gasteiger partial charge on any atom is 0.230 e. The number of aromatic nitrogens is 1. The van der Waals surface area contributed by atoms with E-state index in [0.717, 1.165) is 9.47 Å². The van der Waals surface area contributed by atoms with E-state index in [1.54, 1.807) is 13.1 Å². The molecule has 1 aromatic carbocycles. The van der Waals surface area contributed by atoms with Crippen molar-refractivity contribution in [2.45, 2.75) is 33.1 Å². The molecule has 2 heterocycles. The van der Waals surface area contributed by atoms with Crippen LogP contribution in [0.25, 0.3) is 16.5 Å². The molecule has 4 rings (SSSR count). The number of fused-ring (bicyclic) bond motifs is 2. The van der Waals surface area contributed by atoms with Gasteiger partial charge in [-0.1, -0.05) is 18.2 Å². The molecule has 142 valence electrons. The summed E-state index contributed by atoms with van der Waals surface area (Å²) in [4.78, 5) is 28.6. The molecule has 2 atom stereocenters. The predicted molar refractivity (Wildman–Crippen MR) is 108 cm³/mol. The van der Waals surface area contributed by atoms with Crippen molar-refractivity contribution in [2.75, 3.05) is 26.7 Å². The number of carbonyl (C=O) groups excluding carboxylic acids is 2. The van der Waals surface area contributed by atoms with Crippen LogP contribution < -0.4 is 0 Å². The lowest BCUT2D eigenvalue weighted by atomic mass is 9.79. The minimum Gasteiger partial charge on any atom is -0.343 e. The third kappa shape index (κ3) is 2.72. The number of likely N-dealkylation sites (N-methyl/N-ethyl adjacent to an activating group) is 1. The van der Waals surface area contributed by atoms with E-state index in [9.17, 15) is 9.59 Å². The molecule has 1 aliphatic carbocycles. The summed E-state index contributed by atoms with van der Waals surface area (Å²) in [5.74, 6) is -1.89. The van der Waals surface area contributed by atoms with Gasteiger partial charge in [0.15, 0.2) is 0 Å². The molecular formula is C22H27N3O2. The zero-order chi connectivity index (χ0) is 26.9. The Kier molecular flexibility index (Phi) is 2.52. The van der Waals surface area contributed by atoms with Crippen molar-refractivity contribution in [1.29, 1.82) is 0 Å². The molecule has 0 bridgehead atoms. The number of hydrogen-bond acceptors (Lipinski definition) is 3. The van der Waals surface area contributed by atoms with Crippen molar-refractivity contribution >= 4 is 28.3 Å². The lowest BCUT2D eigenvalue weighted by Crippen LogP contribution is -2.47. The molecule has 0 fully saturated rings. The van der Waals surface area contributed by atoms with Crippen molar-refractivity contribution in [2.24, 2.45) is 5.92 Å². The topological polar surface area (TPSA) is 45.6 Å². The first-order valence-corrected chi connectivity index (χ1v) is 8.86. The number of nitrogens with zero attached hydrogens (tertiary/aromatic N) is 3. The van der Waals surface area contributed by atoms with Crippen LogP contribution in [0.15, 0.2) is 30.4 Å². The molecule has 1 amide bonds. The fraction of sp³-hybridized carbons (Fsp3) is 0.455. The van der Waals surface area contributed by atoms with Gasteiger partial charge in [0, 0.05) is 52.4 Å². The molecule has 1 aromatic heterocycles. The van der Waals surface area contributed by atoms with Gasteiger partial charge in [-0.3, -0.25) is 19.1 Å². The Bertz CT molecular complexity index is 1280. The molecule has 0 saturated carbocycles. The standard InChI is InChI=1S/C22H27N3O2/c1-5-24(6-2)22(27)16-10-18-17-8-7-9-19-21(17)15(13-25(19)14(3)26)11-20(18)23(4)12-16/h7-10,13,16,20H,5-6,11-12H2,1-4H3/t16-,20-/m1/s1/i1D3,2D3,7D,9D,13D. The van der Waals surface area contributed by atoms with E-state index >= 15 is 0 Å². The van der Waals surface area contributed by atoms with Crippen LogP contribution in [0.1, 0.15) is 48.9 Å². The number of rotatable bonds is 3. The second-order valence-corrected chi connectivity index (χ2v) is 7.08. The molecule has 0 radical (unpaired) electrons. The van der Waals surface area contributed by atoms with Crippen LogP contribution >= 0.6 is 0 Å². The first-order chi connectivity index (χ1) is 16.5. The second-order valence-electron chi connectivity index (χ2n) is 7.08. The maximum absolute atomic E-state index is 13.4. The minimum absolute atomic E-state index is 0.0231. The number of carbonyl (C=O) groups is 2. The summed E-state index contributed by atoms with van der Waals surface area (Å²) in [6, 6.07) is 0.930. The van der Waals surface area contributed by atoms with Crippen LogP contribution in [0.3, 0.4) is 0 Å². The van der Waals surface area contributed by atoms with Gasteiger partial charge in [0.2, 0.25) is 11.8 Å². The first-order valence-electron chi connectivity index (χ1n) is 13.4. The largest absolute Gasteiger partial charge is 0.343 e. The van der Waals surface area contributed by atoms with Crippen LogP contribution in [0, 0.1) is 5.92 Å². The zero-order valence-electron chi connectivity index (χ0n) is 24.3. The highest BCUT2D eigenvalue weighted by molar-refractivity contribution is 6.03. The summed E-state index contributed by atoms with van der Waals surface area (Å²) in [5, 5.41) is 0.530. The quantitative estimate of drug-likeness (QED) is 0.830. The molecule has 0 unspecified atom stereocenters. The summed E-state index contributed by atoms with van der Waals surface area (Å²) in [5.41, 5.74) is 2.01. The van der Waals surface area contributed by atoms with Gasteiger partial charge in [-0.15, -0.1) is 0 Å². The molecule has 5 nitrogen and oxygen atoms in total. The van der Waals surface area contributed by atoms with E-state index in [4.69, 9.17) is 12.3 Å². The van der Waals surface area contributed by atoms with E-state index in [1.807, 2.05) is 4.90 Å². The van der Waals surface area contributed by atoms with Crippen LogP contribution in [-0.4, -0.2) is 58.9 Å². The number of amides is 1. The number of benzene rings is 1. The highest BCUT2D eigenvalue weighted by Gasteiger charge is 2.37. The Morgan fingerprint density at radius 2 is 2.15 bits per heavy atom. The smallest absolute Gasteiger partial charge is 0.230 e. The Morgan fingerprint density at radius 1 is 1.37 bits per heavy atom. The summed E-state index contributed by atoms with van der Waals surface area (Å²) in [6.07, 6.45) is 2.02. The molecular weight excluding hydrogens is 338 g/mol. The van der Waals surface area contributed by atoms with E-state index in [0.29, 0.717) is 28.5 Å². The monoisotopic (exact) mass is 374 g/mol. The van der Waals surface area contributed by atoms with Crippen molar-refractivity contribution in [3.8, 4) is 0 Å². The van der Waals surface area contributed by atoms with Gasteiger partial charge in [-0.05, 0) is 49.9 Å². The Labute approximate surface area is 172 Å². The van der Waals surface area contributed by atoms with Gasteiger partial charge >= 0.3 is 0 Å². The fourth-order valence-corrected chi connectivity index (χ4v) is 4.15. The molecule has 0 N–H and O–H groups in total. The second kappa shape index (κ2) is 6.64. The molecule has 2 aliphatic rings. The Balaban J connectivity index is 1.86. The molecule has 0 saturated heterocycles. The van der Waals surface area contributed by atoms with Gasteiger partial charge in [-0.25, -0.2) is 0 Å². The normalized spacial score (nSPS) is 27.5. The molecule has 27 heavy (non-hydrogen) atoms. The highest BCUT2D eigenvalue weighted by Crippen LogP contribution is 2.41. The van der Waals surface area contributed by atoms with Gasteiger partial charge in [0.25, 0.3) is 0 Å². The van der Waals surface area contributed by atoms with Crippen LogP contribution in [-0.2, 0) is 11.2 Å². The lowest BCUT2D eigenvalue weighted by molar-refractivity contribution is -0.134. The average Bonchev–Trinajstić information content (AvgIpc) is 3.02. The van der Waals surface area contributed by atoms with E-state index in [1.165, 1.54) is 13.0 Å². The Hall–Kier alpha value is -2.40. The molecule has 0 spiro atoms. The highest BCUT2D eigenvalue weighted by atomic mass is 16.2. The lowest BCUT2D eigenvalue weighted by Gasteiger charge is -2.40. The predicted octanol–water partition coefficient (Wildman–Crippen LogP) is 3.04. The SMILES string of the molecule is [2H]c1cc2c3c(c([2H])n(C(C)=O)c3c1[2H])C[C@@H]1C2=C[C@@H](C(=O)N(CC([2H])([2H])[2H])CC([2H])([2H])[2H])CN1C. The van der Waals surface area contributed by atoms with Crippen molar-refractivity contribution in [3.05, 3.63) is 41.5 Å². The first kappa shape index (κ1) is 10.2. The molecule has 2 aromatic rings. The van der Waals surface area contributed by atoms with E-state index in [-0.39, 0.29) is 36.4 Å². The summed E-state index contributed by atoms with van der Waals surface area (Å²) < 4.78 is 71.9. The Morgan fingerprint density at radius 3 is 2.85 bits per heavy atom. The van der Waals surface area contributed by atoms with E-state index < -0.39 is 44.5 Å². The van der Waals surface area contributed by atoms with Crippen molar-refractivity contribution in [1.82, 2.24) is 14.4 Å². The van der Waals surface area contributed by atoms with Gasteiger partial charge in [-0.2, -0.15) is 0 Å². The summed E-state index contributed by atoms with van der Waals surface area (Å²) in [6.45, 7) is -4.96. The van der Waals surface area contributed by atoms with Crippen molar-refractivity contribution < 1.29 is 21.9 Å². The number of hydrogen-bond donors (Lipinski definition) is 0. The van der Waals surface area contributed by atoms with Crippen LogP contribution in [0.5, 0.6) is 0 Å². The average molecular weight is 375 g/mol. The van der Waals surface area contributed by atoms with Crippen LogP contribution in [0.2, 0.25) is 0 Å². The molecule has 5 heteroatoms. The molecule has 1 aliphatic heterocycles. The van der Waals surface area contributed by atoms with Crippen molar-refractivity contribution in [3.63, 3.8) is 0 Å². The van der Waals surface area contributed by atoms with Gasteiger partial charge < -0.3 is 4.90 Å². The van der Waals surface area contributed by atoms with Crippen LogP contribution in [0.4, 0.5) is 0 Å². The fourth-order valence-electron chi connectivity index (χ4n) is 4.15. The summed E-state index contributed by atoms with van der Waals surface area (Å²) in [7, 11) is 1.78.